The van der Waals surface area contributed by atoms with E-state index in [0.717, 1.165) is 28.2 Å². The summed E-state index contributed by atoms with van der Waals surface area (Å²) in [4.78, 5) is 27.0. The molecule has 25 heavy (non-hydrogen) atoms. The van der Waals surface area contributed by atoms with Crippen LogP contribution in [0.2, 0.25) is 0 Å². The molecule has 0 aliphatic rings. The van der Waals surface area contributed by atoms with Crippen molar-refractivity contribution >= 4 is 50.1 Å². The van der Waals surface area contributed by atoms with Crippen molar-refractivity contribution in [3.05, 3.63) is 62.5 Å². The Hall–Kier alpha value is -2.98. The summed E-state index contributed by atoms with van der Waals surface area (Å²) in [5, 5.41) is 21.7. The second-order valence-corrected chi connectivity index (χ2v) is 6.95. The maximum Gasteiger partial charge on any atom is 0.324 e. The van der Waals surface area contributed by atoms with Gasteiger partial charge in [0.15, 0.2) is 0 Å². The van der Waals surface area contributed by atoms with E-state index in [-0.39, 0.29) is 10.9 Å². The standard InChI is InChI=1S/C15H11N5O3S2/c1-9-2-4-10(5-3-9)13(21)17-15-19-18-14(25-15)16-8-11-6-7-12(24-11)20(22)23/h2-8H,1H3,(H,17,19,21). The normalized spacial score (nSPS) is 10.9. The van der Waals surface area contributed by atoms with E-state index in [9.17, 15) is 14.9 Å². The van der Waals surface area contributed by atoms with Crippen molar-refractivity contribution in [2.75, 3.05) is 5.32 Å². The molecule has 0 unspecified atom stereocenters. The number of carbonyl (C=O) groups excluding carboxylic acids is 1. The first-order valence-electron chi connectivity index (χ1n) is 7.01. The summed E-state index contributed by atoms with van der Waals surface area (Å²) < 4.78 is 0. The zero-order chi connectivity index (χ0) is 17.8. The lowest BCUT2D eigenvalue weighted by Crippen LogP contribution is -2.11. The highest BCUT2D eigenvalue weighted by molar-refractivity contribution is 7.19. The molecular formula is C15H11N5O3S2. The van der Waals surface area contributed by atoms with E-state index in [2.05, 4.69) is 20.5 Å². The zero-order valence-corrected chi connectivity index (χ0v) is 14.5. The summed E-state index contributed by atoms with van der Waals surface area (Å²) in [5.74, 6) is -0.277. The van der Waals surface area contributed by atoms with Crippen molar-refractivity contribution in [2.24, 2.45) is 4.99 Å². The number of anilines is 1. The summed E-state index contributed by atoms with van der Waals surface area (Å²) in [7, 11) is 0. The van der Waals surface area contributed by atoms with Crippen LogP contribution in [0.1, 0.15) is 20.8 Å². The summed E-state index contributed by atoms with van der Waals surface area (Å²) in [6, 6.07) is 10.2. The molecule has 10 heteroatoms. The number of nitro groups is 1. The van der Waals surface area contributed by atoms with Gasteiger partial charge in [-0.05, 0) is 25.1 Å². The molecule has 126 valence electrons. The van der Waals surface area contributed by atoms with Gasteiger partial charge < -0.3 is 0 Å². The van der Waals surface area contributed by atoms with Crippen molar-refractivity contribution < 1.29 is 9.72 Å². The van der Waals surface area contributed by atoms with Crippen LogP contribution in [0, 0.1) is 17.0 Å². The number of aliphatic imine (C=N–C) groups is 1. The van der Waals surface area contributed by atoms with Crippen molar-refractivity contribution in [3.63, 3.8) is 0 Å². The molecule has 0 spiro atoms. The second kappa shape index (κ2) is 7.28. The molecule has 3 aromatic rings. The maximum atomic E-state index is 12.1. The molecule has 1 aromatic carbocycles. The number of hydrogen-bond acceptors (Lipinski definition) is 8. The average Bonchev–Trinajstić information content (AvgIpc) is 3.22. The fraction of sp³-hybridized carbons (Fsp3) is 0.0667. The van der Waals surface area contributed by atoms with E-state index < -0.39 is 4.92 Å². The van der Waals surface area contributed by atoms with Gasteiger partial charge in [0.1, 0.15) is 0 Å². The largest absolute Gasteiger partial charge is 0.324 e. The van der Waals surface area contributed by atoms with Gasteiger partial charge in [0.25, 0.3) is 5.91 Å². The second-order valence-electron chi connectivity index (χ2n) is 4.90. The molecule has 2 aromatic heterocycles. The van der Waals surface area contributed by atoms with Gasteiger partial charge in [-0.1, -0.05) is 40.4 Å². The monoisotopic (exact) mass is 373 g/mol. The number of thiophene rings is 1. The molecule has 8 nitrogen and oxygen atoms in total. The highest BCUT2D eigenvalue weighted by atomic mass is 32.1. The molecular weight excluding hydrogens is 362 g/mol. The van der Waals surface area contributed by atoms with Gasteiger partial charge in [-0.2, -0.15) is 0 Å². The van der Waals surface area contributed by atoms with Crippen LogP contribution >= 0.6 is 22.7 Å². The van der Waals surface area contributed by atoms with E-state index in [1.54, 1.807) is 18.2 Å². The Morgan fingerprint density at radius 2 is 1.96 bits per heavy atom. The Kier molecular flexibility index (Phi) is 4.91. The molecule has 2 heterocycles. The molecule has 3 rings (SSSR count). The van der Waals surface area contributed by atoms with Gasteiger partial charge in [0, 0.05) is 17.8 Å². The number of rotatable bonds is 5. The molecule has 1 N–H and O–H groups in total. The first-order chi connectivity index (χ1) is 12.0. The van der Waals surface area contributed by atoms with E-state index in [4.69, 9.17) is 0 Å². The maximum absolute atomic E-state index is 12.1. The Morgan fingerprint density at radius 3 is 2.64 bits per heavy atom. The number of nitrogens with one attached hydrogen (secondary N) is 1. The van der Waals surface area contributed by atoms with Gasteiger partial charge in [0.2, 0.25) is 10.3 Å². The average molecular weight is 373 g/mol. The topological polar surface area (TPSA) is 110 Å². The van der Waals surface area contributed by atoms with Crippen molar-refractivity contribution in [1.29, 1.82) is 0 Å². The number of hydrogen-bond donors (Lipinski definition) is 1. The summed E-state index contributed by atoms with van der Waals surface area (Å²) in [5.41, 5.74) is 1.59. The number of carbonyl (C=O) groups is 1. The summed E-state index contributed by atoms with van der Waals surface area (Å²) >= 11 is 2.12. The quantitative estimate of drug-likeness (QED) is 0.415. The predicted molar refractivity (Wildman–Crippen MR) is 97.3 cm³/mol. The van der Waals surface area contributed by atoms with Crippen molar-refractivity contribution in [2.45, 2.75) is 6.92 Å². The lowest BCUT2D eigenvalue weighted by molar-refractivity contribution is -0.380. The molecule has 1 amide bonds. The van der Waals surface area contributed by atoms with Crippen LogP contribution in [0.4, 0.5) is 15.3 Å². The van der Waals surface area contributed by atoms with Gasteiger partial charge in [-0.25, -0.2) is 4.99 Å². The fourth-order valence-corrected chi connectivity index (χ4v) is 3.10. The highest BCUT2D eigenvalue weighted by Crippen LogP contribution is 2.25. The Balaban J connectivity index is 1.65. The van der Waals surface area contributed by atoms with Crippen LogP contribution in [0.3, 0.4) is 0 Å². The van der Waals surface area contributed by atoms with Crippen LogP contribution in [0.25, 0.3) is 0 Å². The lowest BCUT2D eigenvalue weighted by Gasteiger charge is -2.00. The molecule has 0 aliphatic carbocycles. The Bertz CT molecular complexity index is 946. The van der Waals surface area contributed by atoms with E-state index in [0.29, 0.717) is 20.7 Å². The number of benzene rings is 1. The Morgan fingerprint density at radius 1 is 1.20 bits per heavy atom. The smallest absolute Gasteiger partial charge is 0.296 e. The number of aryl methyl sites for hydroxylation is 1. The first-order valence-corrected chi connectivity index (χ1v) is 8.64. The predicted octanol–water partition coefficient (Wildman–Crippen LogP) is 3.82. The Labute approximate surface area is 150 Å². The SMILES string of the molecule is Cc1ccc(C(=O)Nc2nnc(N=Cc3ccc([N+](=O)[O-])s3)s2)cc1. The number of nitrogens with zero attached hydrogens (tertiary/aromatic N) is 4. The van der Waals surface area contributed by atoms with Crippen LogP contribution < -0.4 is 5.32 Å². The molecule has 0 radical (unpaired) electrons. The first kappa shape index (κ1) is 16.9. The molecule has 0 saturated carbocycles. The van der Waals surface area contributed by atoms with Gasteiger partial charge in [0.05, 0.1) is 9.80 Å². The molecule has 0 saturated heterocycles. The van der Waals surface area contributed by atoms with Crippen LogP contribution in [0.5, 0.6) is 0 Å². The van der Waals surface area contributed by atoms with E-state index >= 15 is 0 Å². The third-order valence-electron chi connectivity index (χ3n) is 3.04. The minimum Gasteiger partial charge on any atom is -0.296 e. The van der Waals surface area contributed by atoms with Gasteiger partial charge in [-0.15, -0.1) is 10.2 Å². The third kappa shape index (κ3) is 4.31. The molecule has 0 bridgehead atoms. The molecule has 0 fully saturated rings. The molecule has 0 aliphatic heterocycles. The summed E-state index contributed by atoms with van der Waals surface area (Å²) in [6.45, 7) is 1.94. The lowest BCUT2D eigenvalue weighted by atomic mass is 10.1. The third-order valence-corrected chi connectivity index (χ3v) is 4.76. The highest BCUT2D eigenvalue weighted by Gasteiger charge is 2.11. The minimum atomic E-state index is -0.453. The number of amides is 1. The fourth-order valence-electron chi connectivity index (χ4n) is 1.82. The van der Waals surface area contributed by atoms with E-state index in [1.165, 1.54) is 12.3 Å². The zero-order valence-electron chi connectivity index (χ0n) is 12.9. The van der Waals surface area contributed by atoms with Crippen molar-refractivity contribution in [3.8, 4) is 0 Å². The van der Waals surface area contributed by atoms with E-state index in [1.807, 2.05) is 19.1 Å². The minimum absolute atomic E-state index is 0.0461. The summed E-state index contributed by atoms with van der Waals surface area (Å²) in [6.07, 6.45) is 1.48. The van der Waals surface area contributed by atoms with Gasteiger partial charge >= 0.3 is 5.00 Å². The number of aromatic nitrogens is 2. The van der Waals surface area contributed by atoms with Crippen LogP contribution in [-0.4, -0.2) is 27.2 Å². The van der Waals surface area contributed by atoms with Gasteiger partial charge in [-0.3, -0.25) is 20.2 Å². The van der Waals surface area contributed by atoms with Crippen LogP contribution in [-0.2, 0) is 0 Å². The van der Waals surface area contributed by atoms with Crippen LogP contribution in [0.15, 0.2) is 41.4 Å². The molecule has 0 atom stereocenters. The van der Waals surface area contributed by atoms with Crippen molar-refractivity contribution in [1.82, 2.24) is 10.2 Å².